The molecule has 0 fully saturated rings. The lowest BCUT2D eigenvalue weighted by atomic mass is 10.0. The number of nitrogens with one attached hydrogen (secondary N) is 1. The van der Waals surface area contributed by atoms with E-state index in [-0.39, 0.29) is 17.9 Å². The minimum Gasteiger partial charge on any atom is -0.506 e. The first-order valence-electron chi connectivity index (χ1n) is 10.0. The lowest BCUT2D eigenvalue weighted by molar-refractivity contribution is 0.0899. The van der Waals surface area contributed by atoms with Gasteiger partial charge in [-0.3, -0.25) is 9.59 Å². The first-order chi connectivity index (χ1) is 15.1. The van der Waals surface area contributed by atoms with Gasteiger partial charge in [0.2, 0.25) is 0 Å². The highest BCUT2D eigenvalue weighted by Crippen LogP contribution is 2.26. The molecular weight excluding hydrogens is 392 g/mol. The Kier molecular flexibility index (Phi) is 5.71. The second kappa shape index (κ2) is 8.75. The van der Waals surface area contributed by atoms with E-state index >= 15 is 0 Å². The predicted molar refractivity (Wildman–Crippen MR) is 120 cm³/mol. The molecule has 2 N–H and O–H groups in total. The Bertz CT molecular complexity index is 1280. The SMILES string of the molecule is CCNC(=O)c1c(O)c2ccccc2n(OCc2ccc(-c3ccccc3)cc2)c1=O. The summed E-state index contributed by atoms with van der Waals surface area (Å²) in [6.45, 7) is 2.20. The van der Waals surface area contributed by atoms with Gasteiger partial charge >= 0.3 is 0 Å². The number of para-hydroxylation sites is 1. The number of carbonyl (C=O) groups excluding carboxylic acids is 1. The molecule has 0 saturated carbocycles. The topological polar surface area (TPSA) is 80.6 Å². The Balaban J connectivity index is 1.67. The molecule has 1 heterocycles. The summed E-state index contributed by atoms with van der Waals surface area (Å²) in [6, 6.07) is 24.6. The van der Waals surface area contributed by atoms with Gasteiger partial charge < -0.3 is 15.3 Å². The van der Waals surface area contributed by atoms with Gasteiger partial charge in [0.05, 0.1) is 5.52 Å². The molecule has 0 bridgehead atoms. The minimum atomic E-state index is -0.706. The maximum atomic E-state index is 13.0. The molecule has 3 aromatic carbocycles. The van der Waals surface area contributed by atoms with Crippen molar-refractivity contribution >= 4 is 16.8 Å². The van der Waals surface area contributed by atoms with Crippen LogP contribution in [0.1, 0.15) is 22.8 Å². The fourth-order valence-electron chi connectivity index (χ4n) is 3.44. The van der Waals surface area contributed by atoms with Crippen molar-refractivity contribution in [3.63, 3.8) is 0 Å². The van der Waals surface area contributed by atoms with Gasteiger partial charge in [-0.25, -0.2) is 0 Å². The Morgan fingerprint density at radius 3 is 2.29 bits per heavy atom. The van der Waals surface area contributed by atoms with Crippen molar-refractivity contribution in [3.8, 4) is 16.9 Å². The molecule has 0 unspecified atom stereocenters. The standard InChI is InChI=1S/C25H22N2O4/c1-2-26-24(29)22-23(28)20-10-6-7-11-21(20)27(25(22)30)31-16-17-12-14-19(15-13-17)18-8-4-3-5-9-18/h3-15,28H,2,16H2,1H3,(H,26,29). The van der Waals surface area contributed by atoms with Crippen LogP contribution in [-0.4, -0.2) is 22.3 Å². The molecule has 1 aromatic heterocycles. The van der Waals surface area contributed by atoms with Gasteiger partial charge in [-0.1, -0.05) is 66.7 Å². The van der Waals surface area contributed by atoms with Gasteiger partial charge in [0, 0.05) is 11.9 Å². The average molecular weight is 414 g/mol. The minimum absolute atomic E-state index is 0.124. The highest BCUT2D eigenvalue weighted by molar-refractivity contribution is 6.02. The van der Waals surface area contributed by atoms with Crippen LogP contribution in [0.4, 0.5) is 0 Å². The number of hydrogen-bond acceptors (Lipinski definition) is 4. The van der Waals surface area contributed by atoms with Crippen LogP contribution in [0.3, 0.4) is 0 Å². The van der Waals surface area contributed by atoms with E-state index in [1.807, 2.05) is 54.6 Å². The number of aromatic hydroxyl groups is 1. The molecule has 4 rings (SSSR count). The van der Waals surface area contributed by atoms with E-state index in [2.05, 4.69) is 5.32 Å². The van der Waals surface area contributed by atoms with Crippen molar-refractivity contribution < 1.29 is 14.7 Å². The maximum Gasteiger partial charge on any atom is 0.300 e. The van der Waals surface area contributed by atoms with E-state index in [0.717, 1.165) is 21.4 Å². The Hall–Kier alpha value is -4.06. The van der Waals surface area contributed by atoms with Crippen molar-refractivity contribution in [2.45, 2.75) is 13.5 Å². The second-order valence-corrected chi connectivity index (χ2v) is 7.04. The molecule has 0 atom stereocenters. The van der Waals surface area contributed by atoms with Crippen molar-refractivity contribution in [2.24, 2.45) is 0 Å². The van der Waals surface area contributed by atoms with E-state index in [1.54, 1.807) is 31.2 Å². The van der Waals surface area contributed by atoms with Gasteiger partial charge in [-0.15, -0.1) is 4.73 Å². The molecule has 1 amide bonds. The van der Waals surface area contributed by atoms with Gasteiger partial charge in [0.15, 0.2) is 0 Å². The summed E-state index contributed by atoms with van der Waals surface area (Å²) in [5.41, 5.74) is 2.41. The lowest BCUT2D eigenvalue weighted by Crippen LogP contribution is -2.35. The molecule has 0 aliphatic heterocycles. The number of amides is 1. The van der Waals surface area contributed by atoms with E-state index in [0.29, 0.717) is 17.4 Å². The quantitative estimate of drug-likeness (QED) is 0.504. The van der Waals surface area contributed by atoms with Gasteiger partial charge in [-0.2, -0.15) is 0 Å². The van der Waals surface area contributed by atoms with Crippen molar-refractivity contribution in [1.29, 1.82) is 0 Å². The zero-order chi connectivity index (χ0) is 21.8. The van der Waals surface area contributed by atoms with Gasteiger partial charge in [0.1, 0.15) is 17.9 Å². The monoisotopic (exact) mass is 414 g/mol. The molecule has 4 aromatic rings. The summed E-state index contributed by atoms with van der Waals surface area (Å²) < 4.78 is 1.07. The number of benzene rings is 3. The summed E-state index contributed by atoms with van der Waals surface area (Å²) in [6.07, 6.45) is 0. The van der Waals surface area contributed by atoms with Crippen molar-refractivity contribution in [3.05, 3.63) is 100 Å². The molecule has 31 heavy (non-hydrogen) atoms. The number of nitrogens with zero attached hydrogens (tertiary/aromatic N) is 1. The number of pyridine rings is 1. The Morgan fingerprint density at radius 2 is 1.58 bits per heavy atom. The van der Waals surface area contributed by atoms with E-state index in [9.17, 15) is 14.7 Å². The van der Waals surface area contributed by atoms with Crippen LogP contribution in [-0.2, 0) is 6.61 Å². The summed E-state index contributed by atoms with van der Waals surface area (Å²) in [5.74, 6) is -0.987. The third-order valence-corrected chi connectivity index (χ3v) is 5.00. The lowest BCUT2D eigenvalue weighted by Gasteiger charge is -2.15. The largest absolute Gasteiger partial charge is 0.506 e. The molecule has 156 valence electrons. The van der Waals surface area contributed by atoms with Gasteiger partial charge in [-0.05, 0) is 35.7 Å². The third-order valence-electron chi connectivity index (χ3n) is 5.00. The van der Waals surface area contributed by atoms with E-state index in [4.69, 9.17) is 4.84 Å². The molecule has 0 aliphatic carbocycles. The predicted octanol–water partition coefficient (Wildman–Crippen LogP) is 3.75. The average Bonchev–Trinajstić information content (AvgIpc) is 2.80. The highest BCUT2D eigenvalue weighted by atomic mass is 16.7. The van der Waals surface area contributed by atoms with E-state index in [1.165, 1.54) is 0 Å². The zero-order valence-corrected chi connectivity index (χ0v) is 17.0. The van der Waals surface area contributed by atoms with Crippen LogP contribution in [0.25, 0.3) is 22.0 Å². The number of hydrogen-bond donors (Lipinski definition) is 2. The van der Waals surface area contributed by atoms with Crippen LogP contribution in [0.15, 0.2) is 83.7 Å². The summed E-state index contributed by atoms with van der Waals surface area (Å²) >= 11 is 0. The van der Waals surface area contributed by atoms with Crippen LogP contribution in [0, 0.1) is 0 Å². The zero-order valence-electron chi connectivity index (χ0n) is 17.0. The van der Waals surface area contributed by atoms with Crippen LogP contribution in [0.5, 0.6) is 5.75 Å². The molecule has 6 nitrogen and oxygen atoms in total. The Morgan fingerprint density at radius 1 is 0.935 bits per heavy atom. The number of aromatic nitrogens is 1. The van der Waals surface area contributed by atoms with Crippen LogP contribution >= 0.6 is 0 Å². The molecule has 0 radical (unpaired) electrons. The normalized spacial score (nSPS) is 10.7. The van der Waals surface area contributed by atoms with Crippen molar-refractivity contribution in [1.82, 2.24) is 10.0 Å². The number of carbonyl (C=O) groups is 1. The highest BCUT2D eigenvalue weighted by Gasteiger charge is 2.22. The van der Waals surface area contributed by atoms with E-state index < -0.39 is 11.5 Å². The molecular formula is C25H22N2O4. The number of fused-ring (bicyclic) bond motifs is 1. The van der Waals surface area contributed by atoms with Crippen LogP contribution < -0.4 is 15.7 Å². The van der Waals surface area contributed by atoms with Crippen LogP contribution in [0.2, 0.25) is 0 Å². The molecule has 0 spiro atoms. The second-order valence-electron chi connectivity index (χ2n) is 7.04. The Labute approximate surface area is 179 Å². The molecule has 6 heteroatoms. The fourth-order valence-corrected chi connectivity index (χ4v) is 3.44. The third kappa shape index (κ3) is 4.00. The number of rotatable bonds is 6. The first kappa shape index (κ1) is 20.2. The fraction of sp³-hybridized carbons (Fsp3) is 0.120. The summed E-state index contributed by atoms with van der Waals surface area (Å²) in [7, 11) is 0. The van der Waals surface area contributed by atoms with Gasteiger partial charge in [0.25, 0.3) is 11.5 Å². The summed E-state index contributed by atoms with van der Waals surface area (Å²) in [4.78, 5) is 31.2. The summed E-state index contributed by atoms with van der Waals surface area (Å²) in [5, 5.41) is 13.5. The molecule has 0 saturated heterocycles. The maximum absolute atomic E-state index is 13.0. The molecule has 0 aliphatic rings. The first-order valence-corrected chi connectivity index (χ1v) is 10.0. The smallest absolute Gasteiger partial charge is 0.300 e. The van der Waals surface area contributed by atoms with Crippen molar-refractivity contribution in [2.75, 3.05) is 6.54 Å².